The zero-order chi connectivity index (χ0) is 17.2. The number of fused-ring (bicyclic) bond motifs is 1. The van der Waals surface area contributed by atoms with Gasteiger partial charge < -0.3 is 4.57 Å². The van der Waals surface area contributed by atoms with Crippen LogP contribution in [0.1, 0.15) is 16.3 Å². The summed E-state index contributed by atoms with van der Waals surface area (Å²) in [7, 11) is 1.80. The van der Waals surface area contributed by atoms with Gasteiger partial charge in [-0.2, -0.15) is 0 Å². The zero-order valence-corrected chi connectivity index (χ0v) is 14.3. The van der Waals surface area contributed by atoms with E-state index in [1.165, 1.54) is 11.3 Å². The topological polar surface area (TPSA) is 63.9 Å². The van der Waals surface area contributed by atoms with Gasteiger partial charge in [0.2, 0.25) is 0 Å². The molecule has 0 atom stereocenters. The second kappa shape index (κ2) is 6.45. The van der Waals surface area contributed by atoms with Gasteiger partial charge in [-0.3, -0.25) is 14.7 Å². The van der Waals surface area contributed by atoms with Crippen LogP contribution >= 0.6 is 11.3 Å². The smallest absolute Gasteiger partial charge is 0.296 e. The van der Waals surface area contributed by atoms with E-state index in [9.17, 15) is 4.79 Å². The van der Waals surface area contributed by atoms with Crippen molar-refractivity contribution in [2.24, 2.45) is 7.05 Å². The largest absolute Gasteiger partial charge is 0.330 e. The first kappa shape index (κ1) is 15.5. The van der Waals surface area contributed by atoms with Crippen LogP contribution in [0.3, 0.4) is 0 Å². The van der Waals surface area contributed by atoms with Crippen molar-refractivity contribution < 1.29 is 4.79 Å². The number of imidazole rings is 1. The number of benzene rings is 1. The van der Waals surface area contributed by atoms with Crippen LogP contribution in [0.2, 0.25) is 0 Å². The molecule has 0 fully saturated rings. The van der Waals surface area contributed by atoms with E-state index in [0.29, 0.717) is 17.5 Å². The summed E-state index contributed by atoms with van der Waals surface area (Å²) in [5, 5.41) is 0.639. The molecule has 0 aliphatic rings. The van der Waals surface area contributed by atoms with Crippen molar-refractivity contribution in [1.82, 2.24) is 19.5 Å². The number of aromatic nitrogens is 4. The Balaban J connectivity index is 1.77. The van der Waals surface area contributed by atoms with E-state index < -0.39 is 0 Å². The molecule has 0 saturated carbocycles. The van der Waals surface area contributed by atoms with E-state index in [4.69, 9.17) is 0 Å². The van der Waals surface area contributed by atoms with Crippen LogP contribution in [0, 0.1) is 0 Å². The third-order valence-electron chi connectivity index (χ3n) is 3.82. The van der Waals surface area contributed by atoms with Crippen molar-refractivity contribution in [1.29, 1.82) is 0 Å². The van der Waals surface area contributed by atoms with E-state index in [-0.39, 0.29) is 5.91 Å². The minimum atomic E-state index is -0.197. The van der Waals surface area contributed by atoms with E-state index in [1.807, 2.05) is 42.5 Å². The number of rotatable bonds is 4. The highest BCUT2D eigenvalue weighted by molar-refractivity contribution is 7.22. The monoisotopic (exact) mass is 349 g/mol. The number of carbonyl (C=O) groups is 1. The molecule has 4 rings (SSSR count). The summed E-state index contributed by atoms with van der Waals surface area (Å²) in [5.74, 6) is 0.174. The second-order valence-electron chi connectivity index (χ2n) is 5.54. The lowest BCUT2D eigenvalue weighted by Gasteiger charge is -2.19. The van der Waals surface area contributed by atoms with Crippen molar-refractivity contribution >= 4 is 32.6 Å². The summed E-state index contributed by atoms with van der Waals surface area (Å²) in [6, 6.07) is 13.5. The Morgan fingerprint density at radius 3 is 2.68 bits per heavy atom. The molecule has 0 aliphatic heterocycles. The number of hydrogen-bond acceptors (Lipinski definition) is 5. The van der Waals surface area contributed by atoms with Gasteiger partial charge in [0.15, 0.2) is 11.0 Å². The fourth-order valence-corrected chi connectivity index (χ4v) is 3.51. The lowest BCUT2D eigenvalue weighted by molar-refractivity contribution is 0.0972. The lowest BCUT2D eigenvalue weighted by Crippen LogP contribution is -2.32. The van der Waals surface area contributed by atoms with E-state index in [1.54, 1.807) is 35.1 Å². The molecule has 6 nitrogen and oxygen atoms in total. The fourth-order valence-electron chi connectivity index (χ4n) is 2.55. The van der Waals surface area contributed by atoms with Crippen LogP contribution < -0.4 is 4.90 Å². The first-order valence-corrected chi connectivity index (χ1v) is 8.59. The molecule has 7 heteroatoms. The molecule has 0 bridgehead atoms. The molecule has 124 valence electrons. The molecule has 0 spiro atoms. The Morgan fingerprint density at radius 2 is 1.96 bits per heavy atom. The Morgan fingerprint density at radius 1 is 1.12 bits per heavy atom. The predicted octanol–water partition coefficient (Wildman–Crippen LogP) is 3.27. The molecule has 25 heavy (non-hydrogen) atoms. The number of amides is 1. The molecule has 0 saturated heterocycles. The van der Waals surface area contributed by atoms with Gasteiger partial charge in [-0.1, -0.05) is 29.5 Å². The maximum Gasteiger partial charge on any atom is 0.296 e. The maximum atomic E-state index is 13.1. The number of thiazole rings is 1. The van der Waals surface area contributed by atoms with Crippen molar-refractivity contribution in [3.8, 4) is 0 Å². The third kappa shape index (κ3) is 3.01. The predicted molar refractivity (Wildman–Crippen MR) is 97.6 cm³/mol. The molecule has 3 aromatic heterocycles. The van der Waals surface area contributed by atoms with Crippen LogP contribution in [0.5, 0.6) is 0 Å². The minimum Gasteiger partial charge on any atom is -0.330 e. The van der Waals surface area contributed by atoms with Crippen molar-refractivity contribution in [3.05, 3.63) is 72.6 Å². The quantitative estimate of drug-likeness (QED) is 0.567. The van der Waals surface area contributed by atoms with Gasteiger partial charge in [0.05, 0.1) is 22.5 Å². The summed E-state index contributed by atoms with van der Waals surface area (Å²) in [5.41, 5.74) is 1.67. The highest BCUT2D eigenvalue weighted by Crippen LogP contribution is 2.30. The molecule has 1 aromatic carbocycles. The highest BCUT2D eigenvalue weighted by Gasteiger charge is 2.24. The molecule has 0 unspecified atom stereocenters. The SMILES string of the molecule is Cn1ccnc1C(=O)N(Cc1ccccn1)c1nc2ccccc2s1. The Labute approximate surface area is 148 Å². The molecule has 3 heterocycles. The number of para-hydroxylation sites is 1. The average molecular weight is 349 g/mol. The number of hydrogen-bond donors (Lipinski definition) is 0. The number of aryl methyl sites for hydroxylation is 1. The van der Waals surface area contributed by atoms with Crippen LogP contribution in [0.4, 0.5) is 5.13 Å². The maximum absolute atomic E-state index is 13.1. The number of pyridine rings is 1. The normalized spacial score (nSPS) is 10.9. The first-order chi connectivity index (χ1) is 12.2. The molecular formula is C18H15N5OS. The molecule has 0 aliphatic carbocycles. The van der Waals surface area contributed by atoms with Gasteiger partial charge in [-0.05, 0) is 24.3 Å². The fraction of sp³-hybridized carbons (Fsp3) is 0.111. The van der Waals surface area contributed by atoms with Gasteiger partial charge in [0.1, 0.15) is 0 Å². The molecule has 4 aromatic rings. The lowest BCUT2D eigenvalue weighted by atomic mass is 10.3. The summed E-state index contributed by atoms with van der Waals surface area (Å²) < 4.78 is 2.75. The van der Waals surface area contributed by atoms with Crippen LogP contribution in [-0.4, -0.2) is 25.4 Å². The second-order valence-corrected chi connectivity index (χ2v) is 6.55. The molecular weight excluding hydrogens is 334 g/mol. The minimum absolute atomic E-state index is 0.197. The van der Waals surface area contributed by atoms with Crippen LogP contribution in [-0.2, 0) is 13.6 Å². The van der Waals surface area contributed by atoms with Gasteiger partial charge in [-0.15, -0.1) is 0 Å². The highest BCUT2D eigenvalue weighted by atomic mass is 32.1. The first-order valence-electron chi connectivity index (χ1n) is 7.77. The summed E-state index contributed by atoms with van der Waals surface area (Å²) in [4.78, 5) is 27.9. The van der Waals surface area contributed by atoms with E-state index in [0.717, 1.165) is 15.9 Å². The summed E-state index contributed by atoms with van der Waals surface area (Å²) in [6.07, 6.45) is 5.09. The Kier molecular flexibility index (Phi) is 3.99. The molecule has 0 N–H and O–H groups in total. The van der Waals surface area contributed by atoms with Gasteiger partial charge in [0.25, 0.3) is 5.91 Å². The number of nitrogens with zero attached hydrogens (tertiary/aromatic N) is 5. The average Bonchev–Trinajstić information content (AvgIpc) is 3.25. The standard InChI is InChI=1S/C18H15N5OS/c1-22-11-10-20-16(22)17(24)23(12-13-6-4-5-9-19-13)18-21-14-7-2-3-8-15(14)25-18/h2-11H,12H2,1H3. The van der Waals surface area contributed by atoms with E-state index in [2.05, 4.69) is 15.0 Å². The molecule has 0 radical (unpaired) electrons. The van der Waals surface area contributed by atoms with Gasteiger partial charge >= 0.3 is 0 Å². The van der Waals surface area contributed by atoms with E-state index >= 15 is 0 Å². The summed E-state index contributed by atoms with van der Waals surface area (Å²) in [6.45, 7) is 0.340. The van der Waals surface area contributed by atoms with Gasteiger partial charge in [-0.25, -0.2) is 9.97 Å². The summed E-state index contributed by atoms with van der Waals surface area (Å²) >= 11 is 1.49. The zero-order valence-electron chi connectivity index (χ0n) is 13.5. The number of anilines is 1. The van der Waals surface area contributed by atoms with Crippen LogP contribution in [0.15, 0.2) is 61.1 Å². The van der Waals surface area contributed by atoms with Crippen molar-refractivity contribution in [2.45, 2.75) is 6.54 Å². The van der Waals surface area contributed by atoms with Crippen molar-refractivity contribution in [2.75, 3.05) is 4.90 Å². The molecule has 1 amide bonds. The Bertz CT molecular complexity index is 991. The van der Waals surface area contributed by atoms with Gasteiger partial charge in [0, 0.05) is 25.6 Å². The van der Waals surface area contributed by atoms with Crippen LogP contribution in [0.25, 0.3) is 10.2 Å². The third-order valence-corrected chi connectivity index (χ3v) is 4.88. The Hall–Kier alpha value is -3.06. The van der Waals surface area contributed by atoms with Crippen molar-refractivity contribution in [3.63, 3.8) is 0 Å². The number of carbonyl (C=O) groups excluding carboxylic acids is 1.